The van der Waals surface area contributed by atoms with Gasteiger partial charge in [-0.15, -0.1) is 11.3 Å². The van der Waals surface area contributed by atoms with Crippen molar-refractivity contribution in [2.24, 2.45) is 5.10 Å². The summed E-state index contributed by atoms with van der Waals surface area (Å²) in [7, 11) is 0. The largest absolute Gasteiger partial charge is 0.484 e. The molecule has 22 heavy (non-hydrogen) atoms. The Bertz CT molecular complexity index is 606. The third-order valence-electron chi connectivity index (χ3n) is 3.36. The number of ether oxygens (including phenoxy) is 1. The van der Waals surface area contributed by atoms with Crippen molar-refractivity contribution in [3.8, 4) is 5.75 Å². The van der Waals surface area contributed by atoms with Crippen LogP contribution in [-0.4, -0.2) is 18.7 Å². The molecule has 0 bridgehead atoms. The standard InChI is InChI=1S/C17H20N2O2S/c1-3-13(2)14-6-8-15(9-7-14)21-12-17(20)19-18-11-16-5-4-10-22-16/h4-11,13H,3,12H2,1-2H3,(H,19,20)/b18-11-/t13-/m1/s1. The summed E-state index contributed by atoms with van der Waals surface area (Å²) in [5, 5.41) is 5.83. The maximum atomic E-state index is 11.6. The monoisotopic (exact) mass is 316 g/mol. The van der Waals surface area contributed by atoms with Crippen LogP contribution in [-0.2, 0) is 4.79 Å². The van der Waals surface area contributed by atoms with Gasteiger partial charge in [0.05, 0.1) is 6.21 Å². The fourth-order valence-corrected chi connectivity index (χ4v) is 2.43. The van der Waals surface area contributed by atoms with E-state index < -0.39 is 0 Å². The van der Waals surface area contributed by atoms with Gasteiger partial charge >= 0.3 is 0 Å². The molecule has 0 aliphatic rings. The van der Waals surface area contributed by atoms with Crippen molar-refractivity contribution in [3.05, 3.63) is 52.2 Å². The van der Waals surface area contributed by atoms with Gasteiger partial charge in [-0.25, -0.2) is 5.43 Å². The van der Waals surface area contributed by atoms with Crippen molar-refractivity contribution in [1.29, 1.82) is 0 Å². The Hall–Kier alpha value is -2.14. The molecule has 4 nitrogen and oxygen atoms in total. The summed E-state index contributed by atoms with van der Waals surface area (Å²) in [6, 6.07) is 11.7. The van der Waals surface area contributed by atoms with Crippen molar-refractivity contribution in [2.45, 2.75) is 26.2 Å². The maximum Gasteiger partial charge on any atom is 0.277 e. The Balaban J connectivity index is 1.76. The lowest BCUT2D eigenvalue weighted by Gasteiger charge is -2.10. The highest BCUT2D eigenvalue weighted by Gasteiger charge is 2.04. The lowest BCUT2D eigenvalue weighted by molar-refractivity contribution is -0.123. The minimum absolute atomic E-state index is 0.0511. The Morgan fingerprint density at radius 1 is 1.36 bits per heavy atom. The molecule has 0 radical (unpaired) electrons. The predicted molar refractivity (Wildman–Crippen MR) is 90.7 cm³/mol. The molecule has 0 aliphatic carbocycles. The second kappa shape index (κ2) is 8.34. The third kappa shape index (κ3) is 5.00. The molecule has 0 aliphatic heterocycles. The molecular weight excluding hydrogens is 296 g/mol. The van der Waals surface area contributed by atoms with Gasteiger partial charge in [0, 0.05) is 4.88 Å². The number of nitrogens with zero attached hydrogens (tertiary/aromatic N) is 1. The van der Waals surface area contributed by atoms with Crippen molar-refractivity contribution in [2.75, 3.05) is 6.61 Å². The van der Waals surface area contributed by atoms with E-state index in [-0.39, 0.29) is 12.5 Å². The van der Waals surface area contributed by atoms with Crippen LogP contribution in [0.1, 0.15) is 36.6 Å². The van der Waals surface area contributed by atoms with Crippen LogP contribution in [0.2, 0.25) is 0 Å². The lowest BCUT2D eigenvalue weighted by atomic mass is 9.99. The van der Waals surface area contributed by atoms with Crippen LogP contribution in [0.4, 0.5) is 0 Å². The van der Waals surface area contributed by atoms with Crippen LogP contribution in [0.25, 0.3) is 0 Å². The second-order valence-electron chi connectivity index (χ2n) is 4.98. The Morgan fingerprint density at radius 2 is 2.14 bits per heavy atom. The molecule has 1 atom stereocenters. The first-order valence-electron chi connectivity index (χ1n) is 7.27. The average molecular weight is 316 g/mol. The average Bonchev–Trinajstić information content (AvgIpc) is 3.06. The summed E-state index contributed by atoms with van der Waals surface area (Å²) in [6.07, 6.45) is 2.72. The van der Waals surface area contributed by atoms with Crippen molar-refractivity contribution < 1.29 is 9.53 Å². The predicted octanol–water partition coefficient (Wildman–Crippen LogP) is 3.79. The first-order valence-corrected chi connectivity index (χ1v) is 8.15. The van der Waals surface area contributed by atoms with E-state index in [9.17, 15) is 4.79 Å². The van der Waals surface area contributed by atoms with Crippen molar-refractivity contribution >= 4 is 23.5 Å². The number of nitrogens with one attached hydrogen (secondary N) is 1. The van der Waals surface area contributed by atoms with Gasteiger partial charge in [0.2, 0.25) is 0 Å². The number of thiophene rings is 1. The number of carbonyl (C=O) groups is 1. The first-order chi connectivity index (χ1) is 10.7. The fourth-order valence-electron chi connectivity index (χ4n) is 1.84. The minimum atomic E-state index is -0.279. The van der Waals surface area contributed by atoms with E-state index in [0.717, 1.165) is 11.3 Å². The molecule has 0 saturated heterocycles. The number of rotatable bonds is 7. The maximum absolute atomic E-state index is 11.6. The number of benzene rings is 1. The molecule has 0 saturated carbocycles. The van der Waals surface area contributed by atoms with Crippen LogP contribution >= 0.6 is 11.3 Å². The van der Waals surface area contributed by atoms with Crippen LogP contribution < -0.4 is 10.2 Å². The molecule has 0 spiro atoms. The molecule has 1 aromatic carbocycles. The van der Waals surface area contributed by atoms with Gasteiger partial charge in [-0.2, -0.15) is 5.10 Å². The zero-order valence-corrected chi connectivity index (χ0v) is 13.6. The fraction of sp³-hybridized carbons (Fsp3) is 0.294. The van der Waals surface area contributed by atoms with Crippen LogP contribution in [0, 0.1) is 0 Å². The second-order valence-corrected chi connectivity index (χ2v) is 5.95. The molecule has 1 aromatic heterocycles. The molecule has 0 unspecified atom stereocenters. The lowest BCUT2D eigenvalue weighted by Crippen LogP contribution is -2.24. The molecule has 2 aromatic rings. The quantitative estimate of drug-likeness (QED) is 0.624. The first kappa shape index (κ1) is 16.2. The number of hydrogen-bond acceptors (Lipinski definition) is 4. The normalized spacial score (nSPS) is 12.3. The summed E-state index contributed by atoms with van der Waals surface area (Å²) < 4.78 is 5.44. The highest BCUT2D eigenvalue weighted by molar-refractivity contribution is 7.11. The van der Waals surface area contributed by atoms with E-state index >= 15 is 0 Å². The molecule has 0 fully saturated rings. The summed E-state index contributed by atoms with van der Waals surface area (Å²) >= 11 is 1.56. The Kier molecular flexibility index (Phi) is 6.15. The summed E-state index contributed by atoms with van der Waals surface area (Å²) in [5.74, 6) is 0.937. The van der Waals surface area contributed by atoms with Gasteiger partial charge in [-0.3, -0.25) is 4.79 Å². The number of hydrogen-bond donors (Lipinski definition) is 1. The smallest absolute Gasteiger partial charge is 0.277 e. The van der Waals surface area contributed by atoms with E-state index in [4.69, 9.17) is 4.74 Å². The number of hydrazone groups is 1. The Morgan fingerprint density at radius 3 is 2.77 bits per heavy atom. The summed E-state index contributed by atoms with van der Waals surface area (Å²) in [5.41, 5.74) is 3.72. The van der Waals surface area contributed by atoms with Gasteiger partial charge in [0.15, 0.2) is 6.61 Å². The SMILES string of the molecule is CC[C@@H](C)c1ccc(OCC(=O)N/N=C\c2cccs2)cc1. The highest BCUT2D eigenvalue weighted by Crippen LogP contribution is 2.21. The van der Waals surface area contributed by atoms with E-state index in [2.05, 4.69) is 24.4 Å². The molecule has 116 valence electrons. The van der Waals surface area contributed by atoms with Gasteiger partial charge in [0.1, 0.15) is 5.75 Å². The van der Waals surface area contributed by atoms with Crippen LogP contribution in [0.5, 0.6) is 5.75 Å². The van der Waals surface area contributed by atoms with Gasteiger partial charge in [-0.1, -0.05) is 32.0 Å². The van der Waals surface area contributed by atoms with Gasteiger partial charge < -0.3 is 4.74 Å². The van der Waals surface area contributed by atoms with Crippen molar-refractivity contribution in [3.63, 3.8) is 0 Å². The molecular formula is C17H20N2O2S. The number of carbonyl (C=O) groups excluding carboxylic acids is 1. The molecule has 1 N–H and O–H groups in total. The van der Waals surface area contributed by atoms with E-state index in [1.165, 1.54) is 5.56 Å². The Labute approximate surface area is 134 Å². The van der Waals surface area contributed by atoms with Crippen molar-refractivity contribution in [1.82, 2.24) is 5.43 Å². The highest BCUT2D eigenvalue weighted by atomic mass is 32.1. The summed E-state index contributed by atoms with van der Waals surface area (Å²) in [6.45, 7) is 4.30. The number of amides is 1. The van der Waals surface area contributed by atoms with Gasteiger partial charge in [-0.05, 0) is 41.5 Å². The molecule has 5 heteroatoms. The minimum Gasteiger partial charge on any atom is -0.484 e. The zero-order chi connectivity index (χ0) is 15.8. The molecule has 1 heterocycles. The third-order valence-corrected chi connectivity index (χ3v) is 4.16. The van der Waals surface area contributed by atoms with Crippen LogP contribution in [0.15, 0.2) is 46.9 Å². The van der Waals surface area contributed by atoms with Crippen LogP contribution in [0.3, 0.4) is 0 Å². The zero-order valence-electron chi connectivity index (χ0n) is 12.8. The van der Waals surface area contributed by atoms with E-state index in [0.29, 0.717) is 11.7 Å². The molecule has 1 amide bonds. The summed E-state index contributed by atoms with van der Waals surface area (Å²) in [4.78, 5) is 12.6. The van der Waals surface area contributed by atoms with E-state index in [1.54, 1.807) is 17.6 Å². The van der Waals surface area contributed by atoms with E-state index in [1.807, 2.05) is 41.8 Å². The van der Waals surface area contributed by atoms with Gasteiger partial charge in [0.25, 0.3) is 5.91 Å². The molecule has 2 rings (SSSR count). The topological polar surface area (TPSA) is 50.7 Å².